The quantitative estimate of drug-likeness (QED) is 0.643. The number of amides is 2. The van der Waals surface area contributed by atoms with Crippen LogP contribution in [0.5, 0.6) is 0 Å². The molecule has 0 radical (unpaired) electrons. The highest BCUT2D eigenvalue weighted by atomic mass is 19.1. The number of benzene rings is 2. The molecular weight excluding hydrogens is 373 g/mol. The number of carbonyl (C=O) groups is 2. The molecule has 0 aliphatic carbocycles. The van der Waals surface area contributed by atoms with Gasteiger partial charge in [-0.05, 0) is 17.5 Å². The summed E-state index contributed by atoms with van der Waals surface area (Å²) in [5.74, 6) is -0.928. The van der Waals surface area contributed by atoms with Crippen LogP contribution in [0.15, 0.2) is 73.2 Å². The molecule has 0 bridgehead atoms. The fraction of sp³-hybridized carbons (Fsp3) is 0.227. The Balaban J connectivity index is 1.52. The number of imide groups is 1. The average molecular weight is 393 g/mol. The average Bonchev–Trinajstić information content (AvgIpc) is 3.35. The van der Waals surface area contributed by atoms with Crippen LogP contribution in [0.1, 0.15) is 23.0 Å². The largest absolute Gasteiger partial charge is 0.447 e. The van der Waals surface area contributed by atoms with Crippen molar-refractivity contribution in [2.24, 2.45) is 0 Å². The summed E-state index contributed by atoms with van der Waals surface area (Å²) in [5, 5.41) is 0. The van der Waals surface area contributed by atoms with Crippen LogP contribution in [0.3, 0.4) is 0 Å². The molecule has 1 aliphatic heterocycles. The Labute approximate surface area is 167 Å². The van der Waals surface area contributed by atoms with Crippen molar-refractivity contribution in [3.63, 3.8) is 0 Å². The zero-order valence-electron chi connectivity index (χ0n) is 15.6. The van der Waals surface area contributed by atoms with E-state index < -0.39 is 24.2 Å². The number of halogens is 1. The fourth-order valence-corrected chi connectivity index (χ4v) is 3.47. The number of aromatic nitrogens is 2. The lowest BCUT2D eigenvalue weighted by molar-refractivity contribution is -0.134. The number of imidazole rings is 1. The SMILES string of the molecule is O=C1OC[C@H](Cc2ccccc2)N1C(=O)[C@@H](F)c1cncn1Cc1ccccc1. The lowest BCUT2D eigenvalue weighted by atomic mass is 10.1. The Morgan fingerprint density at radius 2 is 1.76 bits per heavy atom. The summed E-state index contributed by atoms with van der Waals surface area (Å²) in [4.78, 5) is 29.9. The Kier molecular flexibility index (Phi) is 5.37. The Morgan fingerprint density at radius 3 is 2.45 bits per heavy atom. The van der Waals surface area contributed by atoms with E-state index in [9.17, 15) is 9.59 Å². The molecule has 0 spiro atoms. The van der Waals surface area contributed by atoms with Crippen LogP contribution in [0.4, 0.5) is 9.18 Å². The summed E-state index contributed by atoms with van der Waals surface area (Å²) in [7, 11) is 0. The zero-order valence-corrected chi connectivity index (χ0v) is 15.6. The first kappa shape index (κ1) is 18.9. The van der Waals surface area contributed by atoms with Crippen molar-refractivity contribution in [2.75, 3.05) is 6.61 Å². The van der Waals surface area contributed by atoms with Gasteiger partial charge < -0.3 is 9.30 Å². The minimum absolute atomic E-state index is 0.0511. The second kappa shape index (κ2) is 8.26. The van der Waals surface area contributed by atoms with E-state index in [-0.39, 0.29) is 12.3 Å². The van der Waals surface area contributed by atoms with E-state index in [4.69, 9.17) is 4.74 Å². The number of hydrogen-bond donors (Lipinski definition) is 0. The summed E-state index contributed by atoms with van der Waals surface area (Å²) < 4.78 is 21.8. The second-order valence-electron chi connectivity index (χ2n) is 6.92. The predicted molar refractivity (Wildman–Crippen MR) is 104 cm³/mol. The van der Waals surface area contributed by atoms with Crippen LogP contribution >= 0.6 is 0 Å². The van der Waals surface area contributed by atoms with Crippen molar-refractivity contribution in [2.45, 2.75) is 25.2 Å². The molecule has 0 N–H and O–H groups in total. The molecule has 1 aliphatic rings. The van der Waals surface area contributed by atoms with Gasteiger partial charge in [0.05, 0.1) is 24.3 Å². The van der Waals surface area contributed by atoms with Gasteiger partial charge in [-0.1, -0.05) is 60.7 Å². The molecule has 2 heterocycles. The van der Waals surface area contributed by atoms with Gasteiger partial charge in [0.15, 0.2) is 0 Å². The molecule has 1 saturated heterocycles. The van der Waals surface area contributed by atoms with Crippen molar-refractivity contribution < 1.29 is 18.7 Å². The zero-order chi connectivity index (χ0) is 20.2. The van der Waals surface area contributed by atoms with Crippen molar-refractivity contribution in [3.05, 3.63) is 90.0 Å². The maximum absolute atomic E-state index is 15.2. The molecular formula is C22H20FN3O3. The van der Waals surface area contributed by atoms with Gasteiger partial charge >= 0.3 is 6.09 Å². The van der Waals surface area contributed by atoms with Crippen LogP contribution in [0.25, 0.3) is 0 Å². The van der Waals surface area contributed by atoms with Crippen molar-refractivity contribution in [1.29, 1.82) is 0 Å². The number of cyclic esters (lactones) is 1. The van der Waals surface area contributed by atoms with E-state index in [1.807, 2.05) is 60.7 Å². The van der Waals surface area contributed by atoms with Crippen LogP contribution in [-0.4, -0.2) is 39.1 Å². The van der Waals surface area contributed by atoms with Crippen LogP contribution in [-0.2, 0) is 22.5 Å². The van der Waals surface area contributed by atoms with E-state index in [1.165, 1.54) is 12.5 Å². The van der Waals surface area contributed by atoms with Gasteiger partial charge in [0, 0.05) is 6.54 Å². The smallest absolute Gasteiger partial charge is 0.417 e. The van der Waals surface area contributed by atoms with Crippen LogP contribution < -0.4 is 0 Å². The molecule has 2 amide bonds. The lowest BCUT2D eigenvalue weighted by Crippen LogP contribution is -2.42. The van der Waals surface area contributed by atoms with Crippen LogP contribution in [0.2, 0.25) is 0 Å². The van der Waals surface area contributed by atoms with Gasteiger partial charge in [-0.3, -0.25) is 4.79 Å². The van der Waals surface area contributed by atoms with Crippen molar-refractivity contribution in [1.82, 2.24) is 14.5 Å². The molecule has 2 atom stereocenters. The third-order valence-electron chi connectivity index (χ3n) is 4.93. The molecule has 3 aromatic rings. The lowest BCUT2D eigenvalue weighted by Gasteiger charge is -2.22. The molecule has 0 unspecified atom stereocenters. The monoisotopic (exact) mass is 393 g/mol. The third kappa shape index (κ3) is 4.03. The Hall–Kier alpha value is -3.48. The van der Waals surface area contributed by atoms with Crippen molar-refractivity contribution >= 4 is 12.0 Å². The summed E-state index contributed by atoms with van der Waals surface area (Å²) >= 11 is 0. The first-order valence-electron chi connectivity index (χ1n) is 9.35. The molecule has 2 aromatic carbocycles. The highest BCUT2D eigenvalue weighted by molar-refractivity contribution is 5.96. The Bertz CT molecular complexity index is 991. The topological polar surface area (TPSA) is 64.4 Å². The van der Waals surface area contributed by atoms with Gasteiger partial charge in [-0.15, -0.1) is 0 Å². The summed E-state index contributed by atoms with van der Waals surface area (Å²) in [6.07, 6.45) is 0.386. The highest BCUT2D eigenvalue weighted by Crippen LogP contribution is 2.26. The predicted octanol–water partition coefficient (Wildman–Crippen LogP) is 3.53. The second-order valence-corrected chi connectivity index (χ2v) is 6.92. The molecule has 29 heavy (non-hydrogen) atoms. The summed E-state index contributed by atoms with van der Waals surface area (Å²) in [6, 6.07) is 18.4. The minimum atomic E-state index is -2.01. The number of alkyl halides is 1. The number of nitrogens with zero attached hydrogens (tertiary/aromatic N) is 3. The van der Waals surface area contributed by atoms with Gasteiger partial charge in [-0.2, -0.15) is 0 Å². The Morgan fingerprint density at radius 1 is 1.10 bits per heavy atom. The minimum Gasteiger partial charge on any atom is -0.447 e. The van der Waals surface area contributed by atoms with E-state index in [1.54, 1.807) is 4.57 Å². The number of ether oxygens (including phenoxy) is 1. The number of carbonyl (C=O) groups excluding carboxylic acids is 2. The van der Waals surface area contributed by atoms with E-state index in [0.29, 0.717) is 13.0 Å². The number of hydrogen-bond acceptors (Lipinski definition) is 4. The van der Waals surface area contributed by atoms with Gasteiger partial charge in [0.1, 0.15) is 6.61 Å². The molecule has 1 fully saturated rings. The summed E-state index contributed by atoms with van der Waals surface area (Å²) in [6.45, 7) is 0.428. The maximum Gasteiger partial charge on any atom is 0.417 e. The molecule has 6 nitrogen and oxygen atoms in total. The first-order chi connectivity index (χ1) is 14.1. The number of rotatable bonds is 6. The normalized spacial score (nSPS) is 17.2. The molecule has 4 rings (SSSR count). The van der Waals surface area contributed by atoms with Crippen LogP contribution in [0, 0.1) is 0 Å². The fourth-order valence-electron chi connectivity index (χ4n) is 3.47. The highest BCUT2D eigenvalue weighted by Gasteiger charge is 2.42. The molecule has 0 saturated carbocycles. The van der Waals surface area contributed by atoms with E-state index in [0.717, 1.165) is 16.0 Å². The summed E-state index contributed by atoms with van der Waals surface area (Å²) in [5.41, 5.74) is 2.00. The van der Waals surface area contributed by atoms with Gasteiger partial charge in [0.2, 0.25) is 6.17 Å². The standard InChI is InChI=1S/C22H20FN3O3/c23-20(19-12-24-15-25(19)13-17-9-5-2-6-10-17)21(27)26-18(14-29-22(26)28)11-16-7-3-1-4-8-16/h1-10,12,15,18,20H,11,13-14H2/t18-,20-/m0/s1. The third-order valence-corrected chi connectivity index (χ3v) is 4.93. The first-order valence-corrected chi connectivity index (χ1v) is 9.35. The molecule has 148 valence electrons. The maximum atomic E-state index is 15.2. The van der Waals surface area contributed by atoms with Crippen molar-refractivity contribution in [3.8, 4) is 0 Å². The van der Waals surface area contributed by atoms with Gasteiger partial charge in [0.25, 0.3) is 5.91 Å². The molecule has 1 aromatic heterocycles. The van der Waals surface area contributed by atoms with E-state index in [2.05, 4.69) is 4.98 Å². The molecule has 7 heteroatoms. The van der Waals surface area contributed by atoms with E-state index >= 15 is 4.39 Å². The van der Waals surface area contributed by atoms with Gasteiger partial charge in [-0.25, -0.2) is 19.1 Å².